The second-order valence-electron chi connectivity index (χ2n) is 6.29. The van der Waals surface area contributed by atoms with Gasteiger partial charge in [0.25, 0.3) is 0 Å². The van der Waals surface area contributed by atoms with Crippen LogP contribution in [0.5, 0.6) is 11.5 Å². The number of hydrogen-bond donors (Lipinski definition) is 2. The highest BCUT2D eigenvalue weighted by Gasteiger charge is 2.33. The molecule has 0 atom stereocenters. The molecule has 3 N–H and O–H groups in total. The van der Waals surface area contributed by atoms with Crippen LogP contribution in [-0.2, 0) is 16.0 Å². The number of rotatable bonds is 5. The van der Waals surface area contributed by atoms with Crippen molar-refractivity contribution in [3.63, 3.8) is 0 Å². The zero-order valence-corrected chi connectivity index (χ0v) is 13.7. The lowest BCUT2D eigenvalue weighted by molar-refractivity contribution is -0.141. The molecule has 1 aromatic carbocycles. The molecule has 2 aliphatic rings. The molecule has 1 fully saturated rings. The summed E-state index contributed by atoms with van der Waals surface area (Å²) in [5, 5.41) is 9.66. The molecule has 0 radical (unpaired) electrons. The lowest BCUT2D eigenvalue weighted by atomic mass is 9.78. The standard InChI is InChI=1S/C16H21BN2O5/c1-10-13(3-2-11-6-7-17(22)24-16(10)11)23-12-8-19(9-12)15(21)5-4-14(18)20/h2-3,12,22H,4-9H2,1H3,(H2,18,20). The number of fused-ring (bicyclic) bond motifs is 1. The van der Waals surface area contributed by atoms with Crippen LogP contribution in [0.4, 0.5) is 0 Å². The van der Waals surface area contributed by atoms with E-state index in [4.69, 9.17) is 15.1 Å². The molecule has 2 heterocycles. The number of amides is 2. The van der Waals surface area contributed by atoms with Crippen LogP contribution >= 0.6 is 0 Å². The molecule has 3 rings (SSSR count). The Morgan fingerprint density at radius 1 is 1.42 bits per heavy atom. The number of likely N-dealkylation sites (tertiary alicyclic amines) is 1. The van der Waals surface area contributed by atoms with E-state index in [1.54, 1.807) is 4.90 Å². The van der Waals surface area contributed by atoms with E-state index in [0.717, 1.165) is 17.5 Å². The highest BCUT2D eigenvalue weighted by atomic mass is 16.5. The van der Waals surface area contributed by atoms with Gasteiger partial charge in [0, 0.05) is 18.4 Å². The molecular weight excluding hydrogens is 311 g/mol. The van der Waals surface area contributed by atoms with Crippen LogP contribution < -0.4 is 15.1 Å². The van der Waals surface area contributed by atoms with E-state index in [9.17, 15) is 14.6 Å². The summed E-state index contributed by atoms with van der Waals surface area (Å²) in [6, 6.07) is 3.87. The highest BCUT2D eigenvalue weighted by molar-refractivity contribution is 6.44. The average molecular weight is 332 g/mol. The molecule has 0 saturated carbocycles. The van der Waals surface area contributed by atoms with E-state index in [-0.39, 0.29) is 24.9 Å². The molecule has 0 bridgehead atoms. The Kier molecular flexibility index (Phi) is 4.66. The first kappa shape index (κ1) is 16.6. The third-order valence-electron chi connectivity index (χ3n) is 4.43. The molecule has 7 nitrogen and oxygen atoms in total. The Balaban J connectivity index is 1.56. The maximum Gasteiger partial charge on any atom is 0.522 e. The van der Waals surface area contributed by atoms with Gasteiger partial charge in [0.2, 0.25) is 11.8 Å². The van der Waals surface area contributed by atoms with Crippen molar-refractivity contribution in [2.45, 2.75) is 38.6 Å². The average Bonchev–Trinajstić information content (AvgIpc) is 2.50. The van der Waals surface area contributed by atoms with Gasteiger partial charge >= 0.3 is 7.12 Å². The summed E-state index contributed by atoms with van der Waals surface area (Å²) >= 11 is 0. The molecule has 0 spiro atoms. The molecule has 128 valence electrons. The van der Waals surface area contributed by atoms with E-state index >= 15 is 0 Å². The Morgan fingerprint density at radius 3 is 2.88 bits per heavy atom. The van der Waals surface area contributed by atoms with Crippen molar-refractivity contribution in [1.29, 1.82) is 0 Å². The topological polar surface area (TPSA) is 102 Å². The lowest BCUT2D eigenvalue weighted by Gasteiger charge is -2.39. The van der Waals surface area contributed by atoms with Crippen molar-refractivity contribution in [1.82, 2.24) is 4.90 Å². The number of nitrogens with zero attached hydrogens (tertiary/aromatic N) is 1. The van der Waals surface area contributed by atoms with Gasteiger partial charge in [0.15, 0.2) is 0 Å². The van der Waals surface area contributed by atoms with Gasteiger partial charge in [-0.3, -0.25) is 9.59 Å². The van der Waals surface area contributed by atoms with E-state index in [0.29, 0.717) is 30.9 Å². The second-order valence-corrected chi connectivity index (χ2v) is 6.29. The third kappa shape index (κ3) is 3.48. The first-order valence-electron chi connectivity index (χ1n) is 8.14. The predicted molar refractivity (Wildman–Crippen MR) is 87.7 cm³/mol. The Bertz CT molecular complexity index is 660. The van der Waals surface area contributed by atoms with Crippen molar-refractivity contribution in [2.24, 2.45) is 5.73 Å². The summed E-state index contributed by atoms with van der Waals surface area (Å²) in [6.07, 6.45) is 1.52. The summed E-state index contributed by atoms with van der Waals surface area (Å²) in [5.41, 5.74) is 6.98. The predicted octanol–water partition coefficient (Wildman–Crippen LogP) is 0.266. The van der Waals surface area contributed by atoms with Crippen LogP contribution in [0.25, 0.3) is 0 Å². The number of hydrogen-bond acceptors (Lipinski definition) is 5. The van der Waals surface area contributed by atoms with Crippen molar-refractivity contribution in [2.75, 3.05) is 13.1 Å². The van der Waals surface area contributed by atoms with Gasteiger partial charge in [0.05, 0.1) is 13.1 Å². The van der Waals surface area contributed by atoms with Crippen LogP contribution in [0.3, 0.4) is 0 Å². The zero-order valence-electron chi connectivity index (χ0n) is 13.7. The fourth-order valence-electron chi connectivity index (χ4n) is 2.98. The summed E-state index contributed by atoms with van der Waals surface area (Å²) < 4.78 is 11.5. The minimum Gasteiger partial charge on any atom is -0.536 e. The van der Waals surface area contributed by atoms with Crippen molar-refractivity contribution >= 4 is 18.9 Å². The summed E-state index contributed by atoms with van der Waals surface area (Å²) in [6.45, 7) is 2.90. The molecule has 0 aromatic heterocycles. The van der Waals surface area contributed by atoms with Gasteiger partial charge in [-0.15, -0.1) is 0 Å². The second kappa shape index (κ2) is 6.72. The summed E-state index contributed by atoms with van der Waals surface area (Å²) in [5.74, 6) is 0.850. The fraction of sp³-hybridized carbons (Fsp3) is 0.500. The molecule has 24 heavy (non-hydrogen) atoms. The molecular formula is C16H21BN2O5. The SMILES string of the molecule is Cc1c(OC2CN(C(=O)CCC(N)=O)C2)ccc2c1OB(O)CC2. The van der Waals surface area contributed by atoms with Gasteiger partial charge < -0.3 is 25.0 Å². The number of nitrogens with two attached hydrogens (primary N) is 1. The number of carbonyl (C=O) groups excluding carboxylic acids is 2. The summed E-state index contributed by atoms with van der Waals surface area (Å²) in [7, 11) is -0.770. The molecule has 1 aromatic rings. The molecule has 0 unspecified atom stereocenters. The Labute approximate surface area is 140 Å². The summed E-state index contributed by atoms with van der Waals surface area (Å²) in [4.78, 5) is 24.2. The number of aryl methyl sites for hydroxylation is 1. The number of ether oxygens (including phenoxy) is 1. The fourth-order valence-corrected chi connectivity index (χ4v) is 2.98. The quantitative estimate of drug-likeness (QED) is 0.754. The van der Waals surface area contributed by atoms with Crippen LogP contribution in [0.1, 0.15) is 24.0 Å². The minimum absolute atomic E-state index is 0.0739. The molecule has 8 heteroatoms. The molecule has 1 saturated heterocycles. The van der Waals surface area contributed by atoms with Crippen molar-refractivity contribution in [3.05, 3.63) is 23.3 Å². The van der Waals surface area contributed by atoms with Gasteiger partial charge in [-0.1, -0.05) is 6.07 Å². The van der Waals surface area contributed by atoms with Crippen LogP contribution in [0, 0.1) is 6.92 Å². The molecule has 0 aliphatic carbocycles. The largest absolute Gasteiger partial charge is 0.536 e. The van der Waals surface area contributed by atoms with Gasteiger partial charge in [-0.25, -0.2) is 0 Å². The number of carbonyl (C=O) groups is 2. The smallest absolute Gasteiger partial charge is 0.522 e. The molecule has 2 aliphatic heterocycles. The van der Waals surface area contributed by atoms with Crippen molar-refractivity contribution < 1.29 is 24.0 Å². The highest BCUT2D eigenvalue weighted by Crippen LogP contribution is 2.36. The first-order chi connectivity index (χ1) is 11.4. The monoisotopic (exact) mass is 332 g/mol. The van der Waals surface area contributed by atoms with Crippen LogP contribution in [0.15, 0.2) is 12.1 Å². The van der Waals surface area contributed by atoms with Gasteiger partial charge in [0.1, 0.15) is 17.6 Å². The minimum atomic E-state index is -0.770. The molecule has 2 amide bonds. The van der Waals surface area contributed by atoms with Gasteiger partial charge in [-0.2, -0.15) is 0 Å². The normalized spacial score (nSPS) is 16.9. The van der Waals surface area contributed by atoms with E-state index in [1.165, 1.54) is 0 Å². The Morgan fingerprint density at radius 2 is 2.17 bits per heavy atom. The maximum atomic E-state index is 11.8. The van der Waals surface area contributed by atoms with E-state index in [1.807, 2.05) is 19.1 Å². The lowest BCUT2D eigenvalue weighted by Crippen LogP contribution is -2.56. The first-order valence-corrected chi connectivity index (χ1v) is 8.14. The van der Waals surface area contributed by atoms with E-state index < -0.39 is 13.0 Å². The zero-order chi connectivity index (χ0) is 17.3. The van der Waals surface area contributed by atoms with E-state index in [2.05, 4.69) is 0 Å². The van der Waals surface area contributed by atoms with Crippen molar-refractivity contribution in [3.8, 4) is 11.5 Å². The Hall–Kier alpha value is -2.22. The number of primary amides is 1. The number of benzene rings is 1. The van der Waals surface area contributed by atoms with Crippen LogP contribution in [-0.4, -0.2) is 48.1 Å². The van der Waals surface area contributed by atoms with Crippen LogP contribution in [0.2, 0.25) is 6.32 Å². The van der Waals surface area contributed by atoms with Gasteiger partial charge in [-0.05, 0) is 31.3 Å². The third-order valence-corrected chi connectivity index (χ3v) is 4.43. The maximum absolute atomic E-state index is 11.8.